The van der Waals surface area contributed by atoms with Crippen LogP contribution in [0.15, 0.2) is 18.2 Å². The number of hydrogen-bond acceptors (Lipinski definition) is 4. The summed E-state index contributed by atoms with van der Waals surface area (Å²) in [6.45, 7) is 3.43. The van der Waals surface area contributed by atoms with Crippen LogP contribution in [0, 0.1) is 5.92 Å². The summed E-state index contributed by atoms with van der Waals surface area (Å²) in [7, 11) is 3.58. The van der Waals surface area contributed by atoms with E-state index in [0.29, 0.717) is 35.5 Å². The van der Waals surface area contributed by atoms with Crippen LogP contribution in [0.4, 0.5) is 0 Å². The van der Waals surface area contributed by atoms with Crippen LogP contribution in [0.5, 0.6) is 5.75 Å². The molecule has 5 nitrogen and oxygen atoms in total. The number of nitrogens with zero attached hydrogens (tertiary/aromatic N) is 1. The zero-order valence-electron chi connectivity index (χ0n) is 13.8. The minimum absolute atomic E-state index is 0.0113. The Kier molecular flexibility index (Phi) is 7.15. The number of likely N-dealkylation sites (tertiary alicyclic amines) is 1. The highest BCUT2D eigenvalue weighted by Crippen LogP contribution is 2.26. The third kappa shape index (κ3) is 5.09. The maximum Gasteiger partial charge on any atom is 0.257 e. The molecule has 0 aliphatic carbocycles. The van der Waals surface area contributed by atoms with Crippen LogP contribution < -0.4 is 10.1 Å². The molecule has 1 aromatic carbocycles. The molecular formula is C17H25ClN2O3. The van der Waals surface area contributed by atoms with Crippen molar-refractivity contribution in [3.05, 3.63) is 28.8 Å². The van der Waals surface area contributed by atoms with Crippen molar-refractivity contribution < 1.29 is 14.3 Å². The normalized spacial score (nSPS) is 15.7. The van der Waals surface area contributed by atoms with Crippen LogP contribution in [0.2, 0.25) is 5.02 Å². The summed E-state index contributed by atoms with van der Waals surface area (Å²) in [6, 6.07) is 5.17. The molecule has 1 aliphatic heterocycles. The third-order valence-corrected chi connectivity index (χ3v) is 4.35. The number of benzene rings is 1. The van der Waals surface area contributed by atoms with Gasteiger partial charge in [-0.3, -0.25) is 4.79 Å². The average Bonchev–Trinajstić information content (AvgIpc) is 2.57. The lowest BCUT2D eigenvalue weighted by molar-refractivity contribution is 0.0684. The molecule has 1 amide bonds. The fraction of sp³-hybridized carbons (Fsp3) is 0.588. The van der Waals surface area contributed by atoms with Gasteiger partial charge in [-0.1, -0.05) is 11.6 Å². The number of rotatable bonds is 7. The fourth-order valence-corrected chi connectivity index (χ4v) is 3.00. The Balaban J connectivity index is 2.04. The molecular weight excluding hydrogens is 316 g/mol. The zero-order valence-corrected chi connectivity index (χ0v) is 14.6. The van der Waals surface area contributed by atoms with E-state index in [1.165, 1.54) is 0 Å². The monoisotopic (exact) mass is 340 g/mol. The first-order chi connectivity index (χ1) is 11.2. The van der Waals surface area contributed by atoms with Gasteiger partial charge in [0.1, 0.15) is 12.4 Å². The van der Waals surface area contributed by atoms with Crippen molar-refractivity contribution in [2.45, 2.75) is 12.8 Å². The quantitative estimate of drug-likeness (QED) is 0.775. The average molecular weight is 341 g/mol. The number of hydrogen-bond donors (Lipinski definition) is 1. The SMILES string of the molecule is CNCC1CCN(C(=O)c2cc(Cl)ccc2OCCOC)CC1. The van der Waals surface area contributed by atoms with Gasteiger partial charge in [0.15, 0.2) is 0 Å². The van der Waals surface area contributed by atoms with Gasteiger partial charge < -0.3 is 19.7 Å². The lowest BCUT2D eigenvalue weighted by atomic mass is 9.96. The molecule has 6 heteroatoms. The molecule has 0 aromatic heterocycles. The molecule has 23 heavy (non-hydrogen) atoms. The highest BCUT2D eigenvalue weighted by molar-refractivity contribution is 6.31. The van der Waals surface area contributed by atoms with E-state index >= 15 is 0 Å². The van der Waals surface area contributed by atoms with Gasteiger partial charge in [-0.2, -0.15) is 0 Å². The summed E-state index contributed by atoms with van der Waals surface area (Å²) in [6.07, 6.45) is 2.04. The molecule has 128 valence electrons. The Morgan fingerprint density at radius 2 is 2.09 bits per heavy atom. The molecule has 1 fully saturated rings. The Morgan fingerprint density at radius 3 is 2.74 bits per heavy atom. The van der Waals surface area contributed by atoms with Gasteiger partial charge in [0, 0.05) is 25.2 Å². The maximum atomic E-state index is 12.8. The Labute approximate surface area is 142 Å². The van der Waals surface area contributed by atoms with E-state index in [1.54, 1.807) is 25.3 Å². The summed E-state index contributed by atoms with van der Waals surface area (Å²) in [4.78, 5) is 14.7. The number of halogens is 1. The Hall–Kier alpha value is -1.30. The van der Waals surface area contributed by atoms with Crippen molar-refractivity contribution >= 4 is 17.5 Å². The van der Waals surface area contributed by atoms with Gasteiger partial charge >= 0.3 is 0 Å². The van der Waals surface area contributed by atoms with E-state index in [2.05, 4.69) is 5.32 Å². The van der Waals surface area contributed by atoms with Crippen molar-refractivity contribution in [2.75, 3.05) is 47.0 Å². The highest BCUT2D eigenvalue weighted by atomic mass is 35.5. The van der Waals surface area contributed by atoms with Gasteiger partial charge in [-0.25, -0.2) is 0 Å². The summed E-state index contributed by atoms with van der Waals surface area (Å²) < 4.78 is 10.6. The first-order valence-corrected chi connectivity index (χ1v) is 8.38. The minimum atomic E-state index is -0.0113. The number of nitrogens with one attached hydrogen (secondary N) is 1. The van der Waals surface area contributed by atoms with Crippen molar-refractivity contribution in [3.8, 4) is 5.75 Å². The molecule has 0 atom stereocenters. The van der Waals surface area contributed by atoms with Crippen LogP contribution in [0.3, 0.4) is 0 Å². The number of piperidine rings is 1. The predicted octanol–water partition coefficient (Wildman–Crippen LogP) is 2.44. The molecule has 1 heterocycles. The first-order valence-electron chi connectivity index (χ1n) is 8.01. The highest BCUT2D eigenvalue weighted by Gasteiger charge is 2.25. The van der Waals surface area contributed by atoms with E-state index in [-0.39, 0.29) is 5.91 Å². The summed E-state index contributed by atoms with van der Waals surface area (Å²) in [5.41, 5.74) is 0.528. The molecule has 0 radical (unpaired) electrons. The third-order valence-electron chi connectivity index (χ3n) is 4.11. The number of amides is 1. The molecule has 0 bridgehead atoms. The van der Waals surface area contributed by atoms with Crippen molar-refractivity contribution in [1.29, 1.82) is 0 Å². The van der Waals surface area contributed by atoms with Crippen LogP contribution in [0.1, 0.15) is 23.2 Å². The van der Waals surface area contributed by atoms with Crippen LogP contribution in [-0.4, -0.2) is 57.8 Å². The second kappa shape index (κ2) is 9.11. The number of methoxy groups -OCH3 is 1. The fourth-order valence-electron chi connectivity index (χ4n) is 2.83. The molecule has 1 aliphatic rings. The summed E-state index contributed by atoms with van der Waals surface area (Å²) >= 11 is 6.07. The lowest BCUT2D eigenvalue weighted by Gasteiger charge is -2.32. The largest absolute Gasteiger partial charge is 0.490 e. The topological polar surface area (TPSA) is 50.8 Å². The molecule has 2 rings (SSSR count). The molecule has 0 spiro atoms. The number of carbonyl (C=O) groups is 1. The molecule has 1 N–H and O–H groups in total. The van der Waals surface area contributed by atoms with Crippen LogP contribution in [-0.2, 0) is 4.74 Å². The van der Waals surface area contributed by atoms with Crippen molar-refractivity contribution in [1.82, 2.24) is 10.2 Å². The van der Waals surface area contributed by atoms with E-state index in [9.17, 15) is 4.79 Å². The zero-order chi connectivity index (χ0) is 16.7. The summed E-state index contributed by atoms with van der Waals surface area (Å²) in [5.74, 6) is 1.19. The Morgan fingerprint density at radius 1 is 1.35 bits per heavy atom. The van der Waals surface area contributed by atoms with E-state index in [0.717, 1.165) is 32.5 Å². The van der Waals surface area contributed by atoms with Crippen LogP contribution >= 0.6 is 11.6 Å². The Bertz CT molecular complexity index is 517. The minimum Gasteiger partial charge on any atom is -0.490 e. The second-order valence-corrected chi connectivity index (χ2v) is 6.21. The van der Waals surface area contributed by atoms with E-state index in [4.69, 9.17) is 21.1 Å². The van der Waals surface area contributed by atoms with Gasteiger partial charge in [0.25, 0.3) is 5.91 Å². The second-order valence-electron chi connectivity index (χ2n) is 5.77. The smallest absolute Gasteiger partial charge is 0.257 e. The van der Waals surface area contributed by atoms with Crippen molar-refractivity contribution in [2.24, 2.45) is 5.92 Å². The van der Waals surface area contributed by atoms with Gasteiger partial charge in [-0.15, -0.1) is 0 Å². The number of ether oxygens (including phenoxy) is 2. The summed E-state index contributed by atoms with van der Waals surface area (Å²) in [5, 5.41) is 3.75. The molecule has 0 unspecified atom stereocenters. The van der Waals surface area contributed by atoms with Gasteiger partial charge in [0.2, 0.25) is 0 Å². The van der Waals surface area contributed by atoms with E-state index < -0.39 is 0 Å². The van der Waals surface area contributed by atoms with Crippen LogP contribution in [0.25, 0.3) is 0 Å². The maximum absolute atomic E-state index is 12.8. The molecule has 0 saturated carbocycles. The molecule has 1 aromatic rings. The van der Waals surface area contributed by atoms with Gasteiger partial charge in [0.05, 0.1) is 12.2 Å². The predicted molar refractivity (Wildman–Crippen MR) is 91.4 cm³/mol. The lowest BCUT2D eigenvalue weighted by Crippen LogP contribution is -2.40. The number of carbonyl (C=O) groups excluding carboxylic acids is 1. The standard InChI is InChI=1S/C17H25ClN2O3/c1-19-12-13-5-7-20(8-6-13)17(21)15-11-14(18)3-4-16(15)23-10-9-22-2/h3-4,11,13,19H,5-10,12H2,1-2H3. The van der Waals surface area contributed by atoms with Crippen molar-refractivity contribution in [3.63, 3.8) is 0 Å². The molecule has 1 saturated heterocycles. The van der Waals surface area contributed by atoms with Gasteiger partial charge in [-0.05, 0) is 50.6 Å². The van der Waals surface area contributed by atoms with E-state index in [1.807, 2.05) is 11.9 Å². The first kappa shape index (κ1) is 18.0.